The van der Waals surface area contributed by atoms with Crippen LogP contribution < -0.4 is 0 Å². The largest absolute Gasteiger partial charge is 0.462 e. The van der Waals surface area contributed by atoms with E-state index in [-0.39, 0.29) is 11.3 Å². The molecule has 90 valence electrons. The predicted molar refractivity (Wildman–Crippen MR) is 44.3 cm³/mol. The van der Waals surface area contributed by atoms with Gasteiger partial charge in [0.1, 0.15) is 5.56 Å². The highest BCUT2D eigenvalue weighted by Crippen LogP contribution is 2.32. The maximum atomic E-state index is 12.5. The van der Waals surface area contributed by atoms with E-state index < -0.39 is 30.2 Å². The second kappa shape index (κ2) is 4.50. The van der Waals surface area contributed by atoms with Gasteiger partial charge >= 0.3 is 12.1 Å². The normalized spacial score (nSPS) is 11.6. The zero-order chi connectivity index (χ0) is 12.3. The Bertz CT molecular complexity index is 386. The summed E-state index contributed by atoms with van der Waals surface area (Å²) >= 11 is 0. The molecule has 1 aromatic heterocycles. The van der Waals surface area contributed by atoms with Gasteiger partial charge in [-0.1, -0.05) is 0 Å². The Labute approximate surface area is 87.8 Å². The molecule has 1 rings (SSSR count). The molecule has 0 aromatic carbocycles. The number of rotatable bonds is 3. The molecule has 0 N–H and O–H groups in total. The van der Waals surface area contributed by atoms with Crippen molar-refractivity contribution in [3.63, 3.8) is 0 Å². The first-order valence-corrected chi connectivity index (χ1v) is 4.27. The monoisotopic (exact) mass is 240 g/mol. The van der Waals surface area contributed by atoms with E-state index in [0.29, 0.717) is 6.20 Å². The lowest BCUT2D eigenvalue weighted by molar-refractivity contribution is -0.145. The maximum Gasteiger partial charge on any atom is 0.434 e. The van der Waals surface area contributed by atoms with E-state index in [2.05, 4.69) is 9.84 Å². The Hall–Kier alpha value is -1.60. The molecule has 0 radical (unpaired) electrons. The highest BCUT2D eigenvalue weighted by molar-refractivity contribution is 5.90. The van der Waals surface area contributed by atoms with Crippen LogP contribution in [0.1, 0.15) is 23.0 Å². The Balaban J connectivity index is 3.20. The van der Waals surface area contributed by atoms with Crippen LogP contribution in [0.15, 0.2) is 6.20 Å². The predicted octanol–water partition coefficient (Wildman–Crippen LogP) is 2.01. The number of hydrogen-bond acceptors (Lipinski definition) is 3. The van der Waals surface area contributed by atoms with E-state index in [1.807, 2.05) is 0 Å². The zero-order valence-electron chi connectivity index (χ0n) is 8.21. The average Bonchev–Trinajstić information content (AvgIpc) is 2.60. The van der Waals surface area contributed by atoms with E-state index in [9.17, 15) is 22.4 Å². The molecule has 0 amide bonds. The lowest BCUT2D eigenvalue weighted by Crippen LogP contribution is -2.18. The molecule has 0 aliphatic carbocycles. The van der Waals surface area contributed by atoms with E-state index in [1.54, 1.807) is 0 Å². The van der Waals surface area contributed by atoms with Crippen molar-refractivity contribution in [1.29, 1.82) is 0 Å². The molecular weight excluding hydrogens is 232 g/mol. The molecular formula is C8H8F4N2O2. The van der Waals surface area contributed by atoms with Gasteiger partial charge in [0.15, 0.2) is 12.5 Å². The molecule has 1 aromatic rings. The van der Waals surface area contributed by atoms with Crippen molar-refractivity contribution in [2.45, 2.75) is 19.9 Å². The standard InChI is InChI=1S/C8H8F4N2O2/c1-2-16-7(15)5-3-13-14(4-9)6(5)8(10,11)12/h3H,2,4H2,1H3. The van der Waals surface area contributed by atoms with Gasteiger partial charge in [-0.3, -0.25) is 0 Å². The van der Waals surface area contributed by atoms with Crippen LogP contribution in [-0.2, 0) is 17.7 Å². The van der Waals surface area contributed by atoms with Gasteiger partial charge in [0.05, 0.1) is 12.8 Å². The van der Waals surface area contributed by atoms with Crippen molar-refractivity contribution >= 4 is 5.97 Å². The fourth-order valence-corrected chi connectivity index (χ4v) is 1.13. The molecule has 0 fully saturated rings. The van der Waals surface area contributed by atoms with E-state index >= 15 is 0 Å². The number of halogens is 4. The third-order valence-electron chi connectivity index (χ3n) is 1.72. The summed E-state index contributed by atoms with van der Waals surface area (Å²) in [7, 11) is 0. The number of esters is 1. The van der Waals surface area contributed by atoms with E-state index in [0.717, 1.165) is 0 Å². The van der Waals surface area contributed by atoms with Crippen molar-refractivity contribution in [3.05, 3.63) is 17.5 Å². The first-order chi connectivity index (χ1) is 7.41. The van der Waals surface area contributed by atoms with Gasteiger partial charge in [-0.05, 0) is 6.92 Å². The molecule has 0 saturated carbocycles. The molecule has 16 heavy (non-hydrogen) atoms. The van der Waals surface area contributed by atoms with Crippen LogP contribution in [0.4, 0.5) is 17.6 Å². The van der Waals surface area contributed by atoms with Crippen molar-refractivity contribution in [3.8, 4) is 0 Å². The highest BCUT2D eigenvalue weighted by atomic mass is 19.4. The Kier molecular flexibility index (Phi) is 3.51. The van der Waals surface area contributed by atoms with Crippen LogP contribution in [0.3, 0.4) is 0 Å². The van der Waals surface area contributed by atoms with Crippen LogP contribution in [-0.4, -0.2) is 22.4 Å². The summed E-state index contributed by atoms with van der Waals surface area (Å²) in [4.78, 5) is 11.1. The third-order valence-corrected chi connectivity index (χ3v) is 1.72. The fourth-order valence-electron chi connectivity index (χ4n) is 1.13. The second-order valence-corrected chi connectivity index (χ2v) is 2.74. The number of nitrogens with zero attached hydrogens (tertiary/aromatic N) is 2. The first kappa shape index (κ1) is 12.5. The molecule has 0 saturated heterocycles. The summed E-state index contributed by atoms with van der Waals surface area (Å²) in [5.41, 5.74) is -2.22. The zero-order valence-corrected chi connectivity index (χ0v) is 8.21. The first-order valence-electron chi connectivity index (χ1n) is 4.27. The maximum absolute atomic E-state index is 12.5. The Morgan fingerprint density at radius 1 is 1.56 bits per heavy atom. The summed E-state index contributed by atoms with van der Waals surface area (Å²) in [6, 6.07) is 0. The fraction of sp³-hybridized carbons (Fsp3) is 0.500. The minimum Gasteiger partial charge on any atom is -0.462 e. The number of hydrogen-bond donors (Lipinski definition) is 0. The molecule has 0 bridgehead atoms. The van der Waals surface area contributed by atoms with Gasteiger partial charge < -0.3 is 4.74 Å². The number of carbonyl (C=O) groups excluding carboxylic acids is 1. The van der Waals surface area contributed by atoms with E-state index in [4.69, 9.17) is 0 Å². The minimum atomic E-state index is -4.86. The van der Waals surface area contributed by atoms with Crippen molar-refractivity contribution in [2.75, 3.05) is 6.61 Å². The van der Waals surface area contributed by atoms with Crippen LogP contribution >= 0.6 is 0 Å². The number of ether oxygens (including phenoxy) is 1. The number of aromatic nitrogens is 2. The summed E-state index contributed by atoms with van der Waals surface area (Å²) in [6.45, 7) is -0.0874. The van der Waals surface area contributed by atoms with Crippen molar-refractivity contribution < 1.29 is 27.1 Å². The molecule has 8 heteroatoms. The van der Waals surface area contributed by atoms with Gasteiger partial charge in [0.25, 0.3) is 0 Å². The number of carbonyl (C=O) groups is 1. The van der Waals surface area contributed by atoms with Crippen LogP contribution in [0.5, 0.6) is 0 Å². The summed E-state index contributed by atoms with van der Waals surface area (Å²) in [5.74, 6) is -1.17. The van der Waals surface area contributed by atoms with Gasteiger partial charge in [-0.2, -0.15) is 18.3 Å². The van der Waals surface area contributed by atoms with Gasteiger partial charge in [0, 0.05) is 0 Å². The molecule has 0 atom stereocenters. The van der Waals surface area contributed by atoms with Gasteiger partial charge in [-0.15, -0.1) is 0 Å². The Morgan fingerprint density at radius 3 is 2.62 bits per heavy atom. The molecule has 0 aliphatic heterocycles. The lowest BCUT2D eigenvalue weighted by atomic mass is 10.2. The van der Waals surface area contributed by atoms with Crippen molar-refractivity contribution in [2.24, 2.45) is 0 Å². The molecule has 0 aliphatic rings. The highest BCUT2D eigenvalue weighted by Gasteiger charge is 2.40. The summed E-state index contributed by atoms with van der Waals surface area (Å²) in [5, 5.41) is 3.13. The molecule has 4 nitrogen and oxygen atoms in total. The van der Waals surface area contributed by atoms with Gasteiger partial charge in [0.2, 0.25) is 0 Å². The topological polar surface area (TPSA) is 44.1 Å². The van der Waals surface area contributed by atoms with Gasteiger partial charge in [-0.25, -0.2) is 13.9 Å². The smallest absolute Gasteiger partial charge is 0.434 e. The number of alkyl halides is 4. The third kappa shape index (κ3) is 2.31. The molecule has 0 spiro atoms. The van der Waals surface area contributed by atoms with Crippen LogP contribution in [0.2, 0.25) is 0 Å². The average molecular weight is 240 g/mol. The SMILES string of the molecule is CCOC(=O)c1cnn(CF)c1C(F)(F)F. The van der Waals surface area contributed by atoms with E-state index in [1.165, 1.54) is 6.92 Å². The van der Waals surface area contributed by atoms with Crippen molar-refractivity contribution in [1.82, 2.24) is 9.78 Å². The summed E-state index contributed by atoms with van der Waals surface area (Å²) in [6.07, 6.45) is -4.22. The Morgan fingerprint density at radius 2 is 2.19 bits per heavy atom. The second-order valence-electron chi connectivity index (χ2n) is 2.74. The van der Waals surface area contributed by atoms with Crippen LogP contribution in [0, 0.1) is 0 Å². The summed E-state index contributed by atoms with van der Waals surface area (Å²) < 4.78 is 54.2. The minimum absolute atomic E-state index is 0.0618. The molecule has 1 heterocycles. The lowest BCUT2D eigenvalue weighted by Gasteiger charge is -2.09. The van der Waals surface area contributed by atoms with Crippen LogP contribution in [0.25, 0.3) is 0 Å². The molecule has 0 unspecified atom stereocenters. The quantitative estimate of drug-likeness (QED) is 0.599.